The Morgan fingerprint density at radius 2 is 1.06 bits per heavy atom. The summed E-state index contributed by atoms with van der Waals surface area (Å²) in [6.45, 7) is 4.12. The second-order valence-corrected chi connectivity index (χ2v) is 11.7. The Hall–Kier alpha value is -0.240. The first-order valence-corrected chi connectivity index (χ1v) is 14.6. The summed E-state index contributed by atoms with van der Waals surface area (Å²) in [6.07, 6.45) is 28.8. The zero-order valence-electron chi connectivity index (χ0n) is 21.8. The third-order valence-electron chi connectivity index (χ3n) is 7.09. The van der Waals surface area contributed by atoms with E-state index in [1.807, 2.05) is 28.1 Å². The molecule has 0 amide bonds. The van der Waals surface area contributed by atoms with E-state index in [0.717, 1.165) is 12.8 Å². The third-order valence-corrected chi connectivity index (χ3v) is 8.91. The first-order valence-electron chi connectivity index (χ1n) is 13.4. The highest BCUT2D eigenvalue weighted by Crippen LogP contribution is 2.44. The molecule has 0 aliphatic heterocycles. The molecular weight excluding hydrogens is 401 g/mol. The lowest BCUT2D eigenvalue weighted by Crippen LogP contribution is -2.55. The molecule has 0 aliphatic rings. The van der Waals surface area contributed by atoms with E-state index in [9.17, 15) is 9.46 Å². The molecule has 2 unspecified atom stereocenters. The molecule has 0 saturated heterocycles. The van der Waals surface area contributed by atoms with Gasteiger partial charge >= 0.3 is 8.03 Å². The number of rotatable bonds is 22. The maximum absolute atomic E-state index is 11.9. The van der Waals surface area contributed by atoms with Gasteiger partial charge in [0.15, 0.2) is 0 Å². The minimum absolute atomic E-state index is 0.513. The van der Waals surface area contributed by atoms with Crippen molar-refractivity contribution in [3.8, 4) is 0 Å². The molecule has 0 saturated carbocycles. The molecule has 0 fully saturated rings. The van der Waals surface area contributed by atoms with Crippen LogP contribution in [0.3, 0.4) is 0 Å². The van der Waals surface area contributed by atoms with Gasteiger partial charge in [0.25, 0.3) is 5.28 Å². The maximum Gasteiger partial charge on any atom is 0.376 e. The topological polar surface area (TPSA) is 40.1 Å². The normalized spacial score (nSPS) is 14.8. The lowest BCUT2D eigenvalue weighted by molar-refractivity contribution is -0.910. The van der Waals surface area contributed by atoms with Gasteiger partial charge in [-0.2, -0.15) is 0 Å². The molecule has 0 aromatic heterocycles. The van der Waals surface area contributed by atoms with Crippen LogP contribution in [0.2, 0.25) is 0 Å². The lowest BCUT2D eigenvalue weighted by Gasteiger charge is -2.39. The van der Waals surface area contributed by atoms with Crippen LogP contribution in [0, 0.1) is 0 Å². The zero-order chi connectivity index (χ0) is 23.4. The predicted octanol–water partition coefficient (Wildman–Crippen LogP) is 8.50. The van der Waals surface area contributed by atoms with Crippen molar-refractivity contribution in [1.29, 1.82) is 0 Å². The Bertz CT molecular complexity index is 459. The standard InChI is InChI=1S/C27H55NO2P/c1-6-8-9-10-11-12-13-14-15-16-17-18-19-20-21-22-23-24-25-26-27(7-2,31(29)30)28(3,4)5/h6,8H,7,9-26H2,1-5H3/q+1. The number of nitrogens with zero attached hydrogens (tertiary/aromatic N) is 1. The van der Waals surface area contributed by atoms with Gasteiger partial charge in [-0.25, -0.2) is 0 Å². The van der Waals surface area contributed by atoms with Gasteiger partial charge in [0.05, 0.1) is 21.1 Å². The Morgan fingerprint density at radius 1 is 0.710 bits per heavy atom. The number of allylic oxidation sites excluding steroid dienone is 2. The van der Waals surface area contributed by atoms with Crippen molar-refractivity contribution in [3.05, 3.63) is 12.2 Å². The first-order chi connectivity index (χ1) is 14.8. The number of quaternary nitrogens is 1. The highest BCUT2D eigenvalue weighted by Gasteiger charge is 2.52. The number of hydrogen-bond acceptors (Lipinski definition) is 2. The van der Waals surface area contributed by atoms with Gasteiger partial charge in [-0.1, -0.05) is 114 Å². The molecule has 0 aromatic rings. The fraction of sp³-hybridized carbons (Fsp3) is 0.926. The van der Waals surface area contributed by atoms with E-state index in [4.69, 9.17) is 0 Å². The molecular formula is C27H55NO2P+. The average Bonchev–Trinajstić information content (AvgIpc) is 2.71. The average molecular weight is 457 g/mol. The molecule has 0 spiro atoms. The molecule has 0 N–H and O–H groups in total. The van der Waals surface area contributed by atoms with Crippen molar-refractivity contribution in [3.63, 3.8) is 0 Å². The van der Waals surface area contributed by atoms with Gasteiger partial charge < -0.3 is 4.89 Å². The van der Waals surface area contributed by atoms with Crippen LogP contribution in [0.5, 0.6) is 0 Å². The van der Waals surface area contributed by atoms with Gasteiger partial charge in [-0.15, -0.1) is 0 Å². The predicted molar refractivity (Wildman–Crippen MR) is 137 cm³/mol. The molecule has 4 heteroatoms. The van der Waals surface area contributed by atoms with Gasteiger partial charge in [0.1, 0.15) is 0 Å². The van der Waals surface area contributed by atoms with Gasteiger partial charge in [0, 0.05) is 12.8 Å². The van der Waals surface area contributed by atoms with Crippen molar-refractivity contribution >= 4 is 8.03 Å². The van der Waals surface area contributed by atoms with Gasteiger partial charge in [0.2, 0.25) is 0 Å². The Morgan fingerprint density at radius 3 is 1.35 bits per heavy atom. The minimum atomic E-state index is -2.41. The van der Waals surface area contributed by atoms with Crippen LogP contribution in [0.4, 0.5) is 0 Å². The van der Waals surface area contributed by atoms with Gasteiger partial charge in [-0.05, 0) is 26.2 Å². The molecule has 0 rings (SSSR count). The third kappa shape index (κ3) is 14.5. The van der Waals surface area contributed by atoms with Crippen LogP contribution in [0.15, 0.2) is 12.2 Å². The fourth-order valence-electron chi connectivity index (χ4n) is 4.76. The summed E-state index contributed by atoms with van der Waals surface area (Å²) in [7, 11) is 3.64. The SMILES string of the molecule is CC=CCCCCCCCCCCCCCCCCCCC(CC)([P+](=O)[O-])[N+](C)(C)C. The van der Waals surface area contributed by atoms with E-state index >= 15 is 0 Å². The molecule has 31 heavy (non-hydrogen) atoms. The molecule has 0 aliphatic carbocycles. The summed E-state index contributed by atoms with van der Waals surface area (Å²) in [4.78, 5) is 11.9. The van der Waals surface area contributed by atoms with E-state index in [1.54, 1.807) is 0 Å². The Kier molecular flexibility index (Phi) is 19.1. The molecule has 184 valence electrons. The lowest BCUT2D eigenvalue weighted by atomic mass is 10.0. The van der Waals surface area contributed by atoms with Crippen molar-refractivity contribution in [2.45, 2.75) is 141 Å². The second kappa shape index (κ2) is 19.2. The Labute approximate surface area is 196 Å². The monoisotopic (exact) mass is 456 g/mol. The van der Waals surface area contributed by atoms with Crippen LogP contribution < -0.4 is 4.89 Å². The van der Waals surface area contributed by atoms with Crippen LogP contribution in [-0.2, 0) is 4.57 Å². The largest absolute Gasteiger partial charge is 0.590 e. The molecule has 0 aromatic carbocycles. The molecule has 2 atom stereocenters. The van der Waals surface area contributed by atoms with Crippen molar-refractivity contribution in [2.24, 2.45) is 0 Å². The molecule has 0 bridgehead atoms. The maximum atomic E-state index is 11.9. The molecule has 0 heterocycles. The van der Waals surface area contributed by atoms with E-state index < -0.39 is 13.3 Å². The fourth-order valence-corrected chi connectivity index (χ4v) is 5.85. The number of unbranched alkanes of at least 4 members (excludes halogenated alkanes) is 16. The van der Waals surface area contributed by atoms with Gasteiger partial charge in [-0.3, -0.25) is 4.48 Å². The zero-order valence-corrected chi connectivity index (χ0v) is 22.7. The van der Waals surface area contributed by atoms with Crippen molar-refractivity contribution < 1.29 is 13.9 Å². The highest BCUT2D eigenvalue weighted by molar-refractivity contribution is 7.38. The highest BCUT2D eigenvalue weighted by atomic mass is 31.1. The second-order valence-electron chi connectivity index (χ2n) is 10.4. The van der Waals surface area contributed by atoms with Crippen molar-refractivity contribution in [1.82, 2.24) is 0 Å². The summed E-state index contributed by atoms with van der Waals surface area (Å²) >= 11 is 0. The van der Waals surface area contributed by atoms with E-state index in [0.29, 0.717) is 10.9 Å². The summed E-state index contributed by atoms with van der Waals surface area (Å²) in [5.74, 6) is 0. The van der Waals surface area contributed by atoms with Crippen molar-refractivity contribution in [2.75, 3.05) is 21.1 Å². The molecule has 3 nitrogen and oxygen atoms in total. The summed E-state index contributed by atoms with van der Waals surface area (Å²) in [6, 6.07) is 0. The summed E-state index contributed by atoms with van der Waals surface area (Å²) < 4.78 is 12.5. The molecule has 0 radical (unpaired) electrons. The minimum Gasteiger partial charge on any atom is -0.590 e. The summed E-state index contributed by atoms with van der Waals surface area (Å²) in [5, 5.41) is -0.596. The first kappa shape index (κ1) is 30.8. The van der Waals surface area contributed by atoms with Crippen LogP contribution in [0.25, 0.3) is 0 Å². The number of hydrogen-bond donors (Lipinski definition) is 0. The van der Waals surface area contributed by atoms with Crippen LogP contribution in [-0.4, -0.2) is 30.9 Å². The smallest absolute Gasteiger partial charge is 0.376 e. The quantitative estimate of drug-likeness (QED) is 0.0709. The van der Waals surface area contributed by atoms with Crippen LogP contribution >= 0.6 is 8.03 Å². The van der Waals surface area contributed by atoms with E-state index in [1.165, 1.54) is 103 Å². The van der Waals surface area contributed by atoms with E-state index in [2.05, 4.69) is 19.1 Å². The van der Waals surface area contributed by atoms with E-state index in [-0.39, 0.29) is 0 Å². The summed E-state index contributed by atoms with van der Waals surface area (Å²) in [5.41, 5.74) is 0. The Balaban J connectivity index is 3.48. The van der Waals surface area contributed by atoms with Crippen LogP contribution in [0.1, 0.15) is 136 Å².